The normalized spacial score (nSPS) is 10.1. The van der Waals surface area contributed by atoms with E-state index >= 15 is 0 Å². The summed E-state index contributed by atoms with van der Waals surface area (Å²) in [4.78, 5) is 19.8. The number of urea groups is 1. The molecule has 0 atom stereocenters. The molecule has 0 saturated heterocycles. The summed E-state index contributed by atoms with van der Waals surface area (Å²) in [6.45, 7) is 1.87. The van der Waals surface area contributed by atoms with E-state index in [2.05, 4.69) is 28.1 Å². The molecule has 1 heterocycles. The SMILES string of the molecule is Cc1ccc(Cl)cc1N(S)C(=O)Nc1cnccn1. The minimum absolute atomic E-state index is 0.353. The maximum absolute atomic E-state index is 12.0. The average molecular weight is 295 g/mol. The summed E-state index contributed by atoms with van der Waals surface area (Å²) in [6, 6.07) is 4.80. The van der Waals surface area contributed by atoms with Crippen LogP contribution in [0.4, 0.5) is 16.3 Å². The molecule has 0 radical (unpaired) electrons. The van der Waals surface area contributed by atoms with E-state index in [-0.39, 0.29) is 0 Å². The number of hydrogen-bond acceptors (Lipinski definition) is 4. The van der Waals surface area contributed by atoms with E-state index < -0.39 is 6.03 Å². The summed E-state index contributed by atoms with van der Waals surface area (Å²) in [7, 11) is 0. The summed E-state index contributed by atoms with van der Waals surface area (Å²) in [5.74, 6) is 0.353. The lowest BCUT2D eigenvalue weighted by Crippen LogP contribution is -2.27. The zero-order valence-corrected chi connectivity index (χ0v) is 11.7. The largest absolute Gasteiger partial charge is 0.337 e. The van der Waals surface area contributed by atoms with Gasteiger partial charge in [-0.3, -0.25) is 10.3 Å². The molecule has 0 aliphatic rings. The van der Waals surface area contributed by atoms with Gasteiger partial charge < -0.3 is 0 Å². The van der Waals surface area contributed by atoms with Gasteiger partial charge in [0.1, 0.15) is 0 Å². The van der Waals surface area contributed by atoms with Crippen molar-refractivity contribution in [3.8, 4) is 0 Å². The lowest BCUT2D eigenvalue weighted by atomic mass is 10.2. The van der Waals surface area contributed by atoms with Gasteiger partial charge in [-0.1, -0.05) is 30.5 Å². The van der Waals surface area contributed by atoms with Crippen LogP contribution in [0.15, 0.2) is 36.8 Å². The van der Waals surface area contributed by atoms with Gasteiger partial charge in [0.15, 0.2) is 5.82 Å². The quantitative estimate of drug-likeness (QED) is 0.835. The second-order valence-corrected chi connectivity index (χ2v) is 4.60. The number of halogens is 1. The predicted molar refractivity (Wildman–Crippen MR) is 78.7 cm³/mol. The fourth-order valence-corrected chi connectivity index (χ4v) is 1.88. The Morgan fingerprint density at radius 3 is 2.89 bits per heavy atom. The maximum Gasteiger partial charge on any atom is 0.337 e. The lowest BCUT2D eigenvalue weighted by molar-refractivity contribution is 0.260. The Labute approximate surface area is 121 Å². The number of amides is 2. The molecule has 0 aliphatic carbocycles. The van der Waals surface area contributed by atoms with E-state index in [0.29, 0.717) is 16.5 Å². The van der Waals surface area contributed by atoms with Crippen LogP contribution in [-0.2, 0) is 0 Å². The van der Waals surface area contributed by atoms with Crippen LogP contribution in [-0.4, -0.2) is 16.0 Å². The van der Waals surface area contributed by atoms with Gasteiger partial charge in [-0.25, -0.2) is 14.1 Å². The van der Waals surface area contributed by atoms with E-state index in [1.807, 2.05) is 13.0 Å². The van der Waals surface area contributed by atoms with E-state index in [1.165, 1.54) is 22.9 Å². The minimum Gasteiger partial charge on any atom is -0.290 e. The van der Waals surface area contributed by atoms with Gasteiger partial charge >= 0.3 is 6.03 Å². The van der Waals surface area contributed by atoms with Crippen LogP contribution in [0.25, 0.3) is 0 Å². The third kappa shape index (κ3) is 3.36. The first-order valence-electron chi connectivity index (χ1n) is 5.40. The van der Waals surface area contributed by atoms with Gasteiger partial charge in [0, 0.05) is 17.4 Å². The Hall–Kier alpha value is -1.79. The second kappa shape index (κ2) is 5.90. The monoisotopic (exact) mass is 294 g/mol. The van der Waals surface area contributed by atoms with Gasteiger partial charge in [0.05, 0.1) is 11.9 Å². The number of carbonyl (C=O) groups excluding carboxylic acids is 1. The van der Waals surface area contributed by atoms with Crippen molar-refractivity contribution in [2.24, 2.45) is 0 Å². The molecule has 0 fully saturated rings. The molecule has 0 saturated carbocycles. The number of aromatic nitrogens is 2. The molecular weight excluding hydrogens is 284 g/mol. The average Bonchev–Trinajstić information content (AvgIpc) is 2.42. The summed E-state index contributed by atoms with van der Waals surface area (Å²) < 4.78 is 1.18. The number of benzene rings is 1. The number of anilines is 2. The number of nitrogens with one attached hydrogen (secondary N) is 1. The Balaban J connectivity index is 2.17. The highest BCUT2D eigenvalue weighted by molar-refractivity contribution is 7.82. The number of rotatable bonds is 2. The Morgan fingerprint density at radius 2 is 2.21 bits per heavy atom. The summed E-state index contributed by atoms with van der Waals surface area (Å²) >= 11 is 10.1. The second-order valence-electron chi connectivity index (χ2n) is 3.76. The highest BCUT2D eigenvalue weighted by Crippen LogP contribution is 2.26. The zero-order chi connectivity index (χ0) is 13.8. The first-order valence-corrected chi connectivity index (χ1v) is 6.18. The van der Waals surface area contributed by atoms with Crippen molar-refractivity contribution in [3.63, 3.8) is 0 Å². The molecule has 1 aromatic carbocycles. The van der Waals surface area contributed by atoms with Crippen LogP contribution in [0.2, 0.25) is 5.02 Å². The van der Waals surface area contributed by atoms with Gasteiger partial charge in [0.25, 0.3) is 0 Å². The molecule has 0 aliphatic heterocycles. The van der Waals surface area contributed by atoms with Crippen LogP contribution in [0.5, 0.6) is 0 Å². The molecule has 5 nitrogen and oxygen atoms in total. The van der Waals surface area contributed by atoms with Crippen LogP contribution in [0.1, 0.15) is 5.56 Å². The third-order valence-electron chi connectivity index (χ3n) is 2.39. The molecule has 98 valence electrons. The van der Waals surface area contributed by atoms with Crippen molar-refractivity contribution < 1.29 is 4.79 Å². The third-order valence-corrected chi connectivity index (χ3v) is 3.02. The van der Waals surface area contributed by atoms with E-state index in [9.17, 15) is 4.79 Å². The number of aryl methyl sites for hydroxylation is 1. The molecule has 1 aromatic heterocycles. The van der Waals surface area contributed by atoms with Crippen molar-refractivity contribution in [3.05, 3.63) is 47.4 Å². The minimum atomic E-state index is -0.436. The smallest absolute Gasteiger partial charge is 0.290 e. The molecule has 2 amide bonds. The number of thiol groups is 1. The Kier molecular flexibility index (Phi) is 4.24. The van der Waals surface area contributed by atoms with E-state index in [0.717, 1.165) is 5.56 Å². The Morgan fingerprint density at radius 1 is 1.42 bits per heavy atom. The van der Waals surface area contributed by atoms with Crippen molar-refractivity contribution in [2.45, 2.75) is 6.92 Å². The van der Waals surface area contributed by atoms with Crippen LogP contribution >= 0.6 is 24.4 Å². The first-order chi connectivity index (χ1) is 9.08. The molecule has 19 heavy (non-hydrogen) atoms. The number of carbonyl (C=O) groups is 1. The van der Waals surface area contributed by atoms with Gasteiger partial charge in [-0.15, -0.1) is 0 Å². The molecular formula is C12H11ClN4OS. The molecule has 0 spiro atoms. The fraction of sp³-hybridized carbons (Fsp3) is 0.0833. The highest BCUT2D eigenvalue weighted by atomic mass is 35.5. The van der Waals surface area contributed by atoms with E-state index in [1.54, 1.807) is 12.1 Å². The lowest BCUT2D eigenvalue weighted by Gasteiger charge is -2.18. The topological polar surface area (TPSA) is 58.1 Å². The van der Waals surface area contributed by atoms with Crippen LogP contribution in [0, 0.1) is 6.92 Å². The fourth-order valence-electron chi connectivity index (χ4n) is 1.45. The molecule has 0 unspecified atom stereocenters. The molecule has 2 rings (SSSR count). The van der Waals surface area contributed by atoms with Crippen molar-refractivity contribution >= 4 is 42.0 Å². The summed E-state index contributed by atoms with van der Waals surface area (Å²) in [5, 5.41) is 3.11. The summed E-state index contributed by atoms with van der Waals surface area (Å²) in [6.07, 6.45) is 4.46. The standard InChI is InChI=1S/C12H11ClN4OS/c1-8-2-3-9(13)6-10(8)17(19)12(18)16-11-7-14-4-5-15-11/h2-7,19H,1H3,(H,15,16,18). The van der Waals surface area contributed by atoms with E-state index in [4.69, 9.17) is 11.6 Å². The van der Waals surface area contributed by atoms with Crippen LogP contribution in [0.3, 0.4) is 0 Å². The van der Waals surface area contributed by atoms with Gasteiger partial charge in [-0.2, -0.15) is 0 Å². The van der Waals surface area contributed by atoms with Gasteiger partial charge in [-0.05, 0) is 24.6 Å². The predicted octanol–water partition coefficient (Wildman–Crippen LogP) is 3.32. The molecule has 2 aromatic rings. The zero-order valence-electron chi connectivity index (χ0n) is 10.0. The van der Waals surface area contributed by atoms with Crippen LogP contribution < -0.4 is 9.62 Å². The van der Waals surface area contributed by atoms with Crippen molar-refractivity contribution in [1.29, 1.82) is 0 Å². The number of hydrogen-bond donors (Lipinski definition) is 2. The Bertz CT molecular complexity index is 594. The highest BCUT2D eigenvalue weighted by Gasteiger charge is 2.15. The molecule has 1 N–H and O–H groups in total. The van der Waals surface area contributed by atoms with Crippen molar-refractivity contribution in [2.75, 3.05) is 9.62 Å². The van der Waals surface area contributed by atoms with Gasteiger partial charge in [0.2, 0.25) is 0 Å². The molecule has 7 heteroatoms. The first kappa shape index (κ1) is 13.6. The maximum atomic E-state index is 12.0. The molecule has 0 bridgehead atoms. The number of nitrogens with zero attached hydrogens (tertiary/aromatic N) is 3. The van der Waals surface area contributed by atoms with Crippen molar-refractivity contribution in [1.82, 2.24) is 9.97 Å². The summed E-state index contributed by atoms with van der Waals surface area (Å²) in [5.41, 5.74) is 1.49.